The first-order valence-electron chi connectivity index (χ1n) is 9.47. The third kappa shape index (κ3) is 3.77. The molecule has 27 heavy (non-hydrogen) atoms. The van der Waals surface area contributed by atoms with Crippen LogP contribution >= 0.6 is 0 Å². The maximum atomic E-state index is 12.8. The Morgan fingerprint density at radius 1 is 1.33 bits per heavy atom. The Kier molecular flexibility index (Phi) is 5.00. The normalized spacial score (nSPS) is 17.2. The first-order valence-corrected chi connectivity index (χ1v) is 9.47. The monoisotopic (exact) mass is 365 g/mol. The number of hydrogen-bond donors (Lipinski definition) is 1. The van der Waals surface area contributed by atoms with Crippen molar-refractivity contribution in [2.24, 2.45) is 0 Å². The summed E-state index contributed by atoms with van der Waals surface area (Å²) in [7, 11) is 0. The molecule has 0 spiro atoms. The van der Waals surface area contributed by atoms with Crippen LogP contribution in [0.15, 0.2) is 40.9 Å². The van der Waals surface area contributed by atoms with Crippen LogP contribution in [0.3, 0.4) is 0 Å². The van der Waals surface area contributed by atoms with E-state index in [0.717, 1.165) is 43.5 Å². The van der Waals surface area contributed by atoms with Crippen molar-refractivity contribution in [3.63, 3.8) is 0 Å². The van der Waals surface area contributed by atoms with Crippen LogP contribution in [0.4, 0.5) is 0 Å². The summed E-state index contributed by atoms with van der Waals surface area (Å²) in [4.78, 5) is 19.2. The maximum Gasteiger partial charge on any atom is 0.274 e. The fourth-order valence-electron chi connectivity index (χ4n) is 3.50. The second-order valence-electron chi connectivity index (χ2n) is 6.94. The first-order chi connectivity index (χ1) is 13.2. The van der Waals surface area contributed by atoms with Crippen LogP contribution in [-0.2, 0) is 6.42 Å². The predicted octanol–water partition coefficient (Wildman–Crippen LogP) is 3.43. The Hall–Kier alpha value is -2.96. The zero-order chi connectivity index (χ0) is 18.6. The van der Waals surface area contributed by atoms with Crippen molar-refractivity contribution in [1.29, 1.82) is 0 Å². The largest absolute Gasteiger partial charge is 0.339 e. The molecule has 7 heteroatoms. The predicted molar refractivity (Wildman–Crippen MR) is 100 cm³/mol. The number of piperidine rings is 1. The molecule has 7 nitrogen and oxygen atoms in total. The average Bonchev–Trinajstić information content (AvgIpc) is 3.39. The van der Waals surface area contributed by atoms with Gasteiger partial charge in [0.1, 0.15) is 5.69 Å². The van der Waals surface area contributed by atoms with Gasteiger partial charge >= 0.3 is 0 Å². The average molecular weight is 365 g/mol. The van der Waals surface area contributed by atoms with Crippen molar-refractivity contribution in [3.8, 4) is 11.4 Å². The first kappa shape index (κ1) is 17.5. The molecule has 1 amide bonds. The van der Waals surface area contributed by atoms with E-state index in [0.29, 0.717) is 24.0 Å². The lowest BCUT2D eigenvalue weighted by atomic mass is 9.97. The van der Waals surface area contributed by atoms with Crippen LogP contribution in [0.2, 0.25) is 0 Å². The third-order valence-corrected chi connectivity index (χ3v) is 4.90. The number of likely N-dealkylation sites (tertiary alicyclic amines) is 1. The highest BCUT2D eigenvalue weighted by Gasteiger charge is 2.30. The van der Waals surface area contributed by atoms with Crippen molar-refractivity contribution >= 4 is 5.91 Å². The Morgan fingerprint density at radius 3 is 3.00 bits per heavy atom. The van der Waals surface area contributed by atoms with Gasteiger partial charge in [0, 0.05) is 24.3 Å². The highest BCUT2D eigenvalue weighted by atomic mass is 16.5. The Balaban J connectivity index is 1.46. The molecule has 3 aromatic rings. The van der Waals surface area contributed by atoms with E-state index >= 15 is 0 Å². The summed E-state index contributed by atoms with van der Waals surface area (Å²) in [5, 5.41) is 11.2. The van der Waals surface area contributed by atoms with E-state index in [2.05, 4.69) is 27.3 Å². The van der Waals surface area contributed by atoms with Crippen molar-refractivity contribution in [1.82, 2.24) is 25.2 Å². The number of benzene rings is 1. The highest BCUT2D eigenvalue weighted by molar-refractivity contribution is 5.92. The zero-order valence-electron chi connectivity index (χ0n) is 15.4. The molecule has 1 unspecified atom stereocenters. The van der Waals surface area contributed by atoms with Crippen LogP contribution in [-0.4, -0.2) is 44.2 Å². The molecule has 1 fully saturated rings. The molecule has 0 saturated carbocycles. The lowest BCUT2D eigenvalue weighted by Crippen LogP contribution is -2.39. The molecular weight excluding hydrogens is 342 g/mol. The molecule has 4 rings (SSSR count). The summed E-state index contributed by atoms with van der Waals surface area (Å²) in [6.45, 7) is 3.40. The van der Waals surface area contributed by atoms with Gasteiger partial charge in [-0.1, -0.05) is 48.8 Å². The van der Waals surface area contributed by atoms with E-state index in [9.17, 15) is 4.79 Å². The lowest BCUT2D eigenvalue weighted by Gasteiger charge is -2.30. The van der Waals surface area contributed by atoms with E-state index < -0.39 is 0 Å². The summed E-state index contributed by atoms with van der Waals surface area (Å²) in [5.41, 5.74) is 2.41. The van der Waals surface area contributed by atoms with Crippen LogP contribution < -0.4 is 0 Å². The van der Waals surface area contributed by atoms with Crippen molar-refractivity contribution < 1.29 is 9.32 Å². The van der Waals surface area contributed by atoms with E-state index in [1.165, 1.54) is 0 Å². The number of nitrogens with zero attached hydrogens (tertiary/aromatic N) is 4. The fourth-order valence-corrected chi connectivity index (χ4v) is 3.50. The second-order valence-corrected chi connectivity index (χ2v) is 6.94. The molecule has 2 aromatic heterocycles. The number of H-pyrrole nitrogens is 1. The molecule has 1 N–H and O–H groups in total. The van der Waals surface area contributed by atoms with Gasteiger partial charge in [-0.05, 0) is 25.3 Å². The van der Waals surface area contributed by atoms with Crippen molar-refractivity contribution in [3.05, 3.63) is 53.7 Å². The summed E-state index contributed by atoms with van der Waals surface area (Å²) < 4.78 is 5.51. The number of aromatic amines is 1. The molecule has 1 aliphatic heterocycles. The topological polar surface area (TPSA) is 87.9 Å². The van der Waals surface area contributed by atoms with E-state index in [-0.39, 0.29) is 11.8 Å². The van der Waals surface area contributed by atoms with Crippen LogP contribution in [0.5, 0.6) is 0 Å². The fraction of sp³-hybridized carbons (Fsp3) is 0.400. The van der Waals surface area contributed by atoms with Gasteiger partial charge < -0.3 is 9.42 Å². The van der Waals surface area contributed by atoms with E-state index in [4.69, 9.17) is 4.52 Å². The summed E-state index contributed by atoms with van der Waals surface area (Å²) in [5.74, 6) is 1.20. The van der Waals surface area contributed by atoms with Crippen LogP contribution in [0, 0.1) is 0 Å². The minimum absolute atomic E-state index is 0.0406. The molecule has 140 valence electrons. The second kappa shape index (κ2) is 7.73. The molecule has 1 atom stereocenters. The minimum atomic E-state index is -0.0406. The van der Waals surface area contributed by atoms with Gasteiger partial charge in [0.05, 0.1) is 5.92 Å². The number of aryl methyl sites for hydroxylation is 1. The standard InChI is InChI=1S/C20H23N5O2/c1-2-7-16-12-17(23-22-16)20(26)25-11-6-10-15(13-25)19-21-18(24-27-19)14-8-4-3-5-9-14/h3-5,8-9,12,15H,2,6-7,10-11,13H2,1H3,(H,22,23). The number of aromatic nitrogens is 4. The molecule has 1 aliphatic rings. The molecular formula is C20H23N5O2. The van der Waals surface area contributed by atoms with Gasteiger partial charge in [0.25, 0.3) is 5.91 Å². The van der Waals surface area contributed by atoms with E-state index in [1.807, 2.05) is 41.3 Å². The SMILES string of the molecule is CCCc1cc(C(=O)N2CCCC(c3nc(-c4ccccc4)no3)C2)n[nH]1. The summed E-state index contributed by atoms with van der Waals surface area (Å²) >= 11 is 0. The van der Waals surface area contributed by atoms with Crippen molar-refractivity contribution in [2.75, 3.05) is 13.1 Å². The third-order valence-electron chi connectivity index (χ3n) is 4.90. The smallest absolute Gasteiger partial charge is 0.274 e. The number of carbonyl (C=O) groups excluding carboxylic acids is 1. The van der Waals surface area contributed by atoms with Gasteiger partial charge in [0.15, 0.2) is 0 Å². The number of amides is 1. The maximum absolute atomic E-state index is 12.8. The number of carbonyl (C=O) groups is 1. The molecule has 0 radical (unpaired) electrons. The van der Waals surface area contributed by atoms with Crippen molar-refractivity contribution in [2.45, 2.75) is 38.5 Å². The summed E-state index contributed by atoms with van der Waals surface area (Å²) in [6, 6.07) is 11.6. The minimum Gasteiger partial charge on any atom is -0.339 e. The number of rotatable bonds is 5. The molecule has 3 heterocycles. The van der Waals surface area contributed by atoms with Crippen LogP contribution in [0.25, 0.3) is 11.4 Å². The van der Waals surface area contributed by atoms with Gasteiger partial charge in [-0.25, -0.2) is 0 Å². The van der Waals surface area contributed by atoms with E-state index in [1.54, 1.807) is 0 Å². The number of hydrogen-bond acceptors (Lipinski definition) is 5. The molecule has 1 saturated heterocycles. The molecule has 0 aliphatic carbocycles. The van der Waals surface area contributed by atoms with Crippen LogP contribution in [0.1, 0.15) is 54.2 Å². The Bertz CT molecular complexity index is 902. The Labute approximate surface area is 157 Å². The van der Waals surface area contributed by atoms with Gasteiger partial charge in [0.2, 0.25) is 11.7 Å². The molecule has 1 aromatic carbocycles. The summed E-state index contributed by atoms with van der Waals surface area (Å²) in [6.07, 6.45) is 3.75. The zero-order valence-corrected chi connectivity index (χ0v) is 15.4. The van der Waals surface area contributed by atoms with Gasteiger partial charge in [-0.15, -0.1) is 0 Å². The highest BCUT2D eigenvalue weighted by Crippen LogP contribution is 2.28. The van der Waals surface area contributed by atoms with Gasteiger partial charge in [-0.3, -0.25) is 9.89 Å². The molecule has 0 bridgehead atoms. The van der Waals surface area contributed by atoms with Gasteiger partial charge in [-0.2, -0.15) is 10.1 Å². The Morgan fingerprint density at radius 2 is 2.19 bits per heavy atom. The lowest BCUT2D eigenvalue weighted by molar-refractivity contribution is 0.0689. The quantitative estimate of drug-likeness (QED) is 0.748. The number of nitrogens with one attached hydrogen (secondary N) is 1.